The smallest absolute Gasteiger partial charge is 0.124 e. The first-order valence-corrected chi connectivity index (χ1v) is 7.10. The van der Waals surface area contributed by atoms with Crippen LogP contribution < -0.4 is 5.73 Å². The van der Waals surface area contributed by atoms with Gasteiger partial charge in [-0.3, -0.25) is 0 Å². The standard InChI is InChI=1S/C15H14BrClFN/c1-9-2-3-11(6-14(9)17)15(19)7-10-4-5-12(18)8-13(10)16/h2-6,8,15H,7,19H2,1H3. The monoisotopic (exact) mass is 341 g/mol. The molecule has 2 aromatic carbocycles. The number of hydrogen-bond acceptors (Lipinski definition) is 1. The van der Waals surface area contributed by atoms with Crippen molar-refractivity contribution in [3.63, 3.8) is 0 Å². The fourth-order valence-corrected chi connectivity index (χ4v) is 2.58. The Morgan fingerprint density at radius 2 is 2.00 bits per heavy atom. The van der Waals surface area contributed by atoms with E-state index in [-0.39, 0.29) is 11.9 Å². The third-order valence-corrected chi connectivity index (χ3v) is 4.22. The van der Waals surface area contributed by atoms with Crippen molar-refractivity contribution in [1.82, 2.24) is 0 Å². The van der Waals surface area contributed by atoms with Crippen molar-refractivity contribution >= 4 is 27.5 Å². The molecule has 0 radical (unpaired) electrons. The Morgan fingerprint density at radius 3 is 2.63 bits per heavy atom. The molecule has 0 aliphatic carbocycles. The summed E-state index contributed by atoms with van der Waals surface area (Å²) in [7, 11) is 0. The van der Waals surface area contributed by atoms with Gasteiger partial charge in [0, 0.05) is 15.5 Å². The van der Waals surface area contributed by atoms with E-state index < -0.39 is 0 Å². The van der Waals surface area contributed by atoms with Gasteiger partial charge >= 0.3 is 0 Å². The first-order valence-electron chi connectivity index (χ1n) is 5.93. The van der Waals surface area contributed by atoms with Crippen LogP contribution in [0, 0.1) is 12.7 Å². The summed E-state index contributed by atoms with van der Waals surface area (Å²) in [6.07, 6.45) is 0.625. The summed E-state index contributed by atoms with van der Waals surface area (Å²) in [6, 6.07) is 10.3. The van der Waals surface area contributed by atoms with Gasteiger partial charge in [-0.15, -0.1) is 0 Å². The molecular weight excluding hydrogens is 329 g/mol. The highest BCUT2D eigenvalue weighted by Gasteiger charge is 2.11. The zero-order chi connectivity index (χ0) is 14.0. The summed E-state index contributed by atoms with van der Waals surface area (Å²) >= 11 is 9.45. The minimum atomic E-state index is -0.262. The maximum atomic E-state index is 13.0. The van der Waals surface area contributed by atoms with Gasteiger partial charge in [-0.1, -0.05) is 45.7 Å². The quantitative estimate of drug-likeness (QED) is 0.852. The molecule has 2 rings (SSSR count). The molecule has 0 saturated heterocycles. The SMILES string of the molecule is Cc1ccc(C(N)Cc2ccc(F)cc2Br)cc1Cl. The van der Waals surface area contributed by atoms with E-state index in [1.54, 1.807) is 6.07 Å². The molecule has 1 unspecified atom stereocenters. The maximum absolute atomic E-state index is 13.0. The second-order valence-corrected chi connectivity index (χ2v) is 5.82. The van der Waals surface area contributed by atoms with Crippen LogP contribution in [0.4, 0.5) is 4.39 Å². The Balaban J connectivity index is 2.20. The lowest BCUT2D eigenvalue weighted by molar-refractivity contribution is 0.624. The van der Waals surface area contributed by atoms with Crippen LogP contribution in [0.25, 0.3) is 0 Å². The van der Waals surface area contributed by atoms with Crippen LogP contribution in [0.2, 0.25) is 5.02 Å². The van der Waals surface area contributed by atoms with Crippen molar-refractivity contribution in [3.05, 3.63) is 68.4 Å². The lowest BCUT2D eigenvalue weighted by Crippen LogP contribution is -2.13. The zero-order valence-electron chi connectivity index (χ0n) is 10.5. The molecule has 0 bridgehead atoms. The van der Waals surface area contributed by atoms with Gasteiger partial charge in [0.05, 0.1) is 0 Å². The Hall–Kier alpha value is -0.900. The predicted octanol–water partition coefficient (Wildman–Crippen LogP) is 4.79. The highest BCUT2D eigenvalue weighted by Crippen LogP contribution is 2.26. The largest absolute Gasteiger partial charge is 0.324 e. The molecule has 4 heteroatoms. The molecule has 1 atom stereocenters. The van der Waals surface area contributed by atoms with Gasteiger partial charge in [-0.05, 0) is 48.2 Å². The topological polar surface area (TPSA) is 26.0 Å². The summed E-state index contributed by atoms with van der Waals surface area (Å²) < 4.78 is 13.8. The van der Waals surface area contributed by atoms with Crippen LogP contribution in [0.15, 0.2) is 40.9 Å². The average molecular weight is 343 g/mol. The molecule has 0 saturated carbocycles. The lowest BCUT2D eigenvalue weighted by Gasteiger charge is -2.14. The summed E-state index contributed by atoms with van der Waals surface area (Å²) in [5, 5.41) is 0.714. The minimum absolute atomic E-state index is 0.167. The van der Waals surface area contributed by atoms with Crippen molar-refractivity contribution in [2.45, 2.75) is 19.4 Å². The summed E-state index contributed by atoms with van der Waals surface area (Å²) in [5.74, 6) is -0.262. The van der Waals surface area contributed by atoms with E-state index in [1.165, 1.54) is 12.1 Å². The highest BCUT2D eigenvalue weighted by molar-refractivity contribution is 9.10. The Kier molecular flexibility index (Phi) is 4.61. The van der Waals surface area contributed by atoms with Crippen LogP contribution in [-0.2, 0) is 6.42 Å². The van der Waals surface area contributed by atoms with Crippen LogP contribution in [0.5, 0.6) is 0 Å². The van der Waals surface area contributed by atoms with Crippen molar-refractivity contribution in [1.29, 1.82) is 0 Å². The Bertz CT molecular complexity index is 601. The van der Waals surface area contributed by atoms with Crippen molar-refractivity contribution in [2.75, 3.05) is 0 Å². The molecule has 19 heavy (non-hydrogen) atoms. The van der Waals surface area contributed by atoms with E-state index in [9.17, 15) is 4.39 Å². The number of nitrogens with two attached hydrogens (primary N) is 1. The summed E-state index contributed by atoms with van der Waals surface area (Å²) in [6.45, 7) is 1.95. The van der Waals surface area contributed by atoms with Gasteiger partial charge in [0.2, 0.25) is 0 Å². The van der Waals surface area contributed by atoms with Crippen molar-refractivity contribution < 1.29 is 4.39 Å². The van der Waals surface area contributed by atoms with Crippen molar-refractivity contribution in [2.24, 2.45) is 5.73 Å². The van der Waals surface area contributed by atoms with Crippen LogP contribution in [0.3, 0.4) is 0 Å². The van der Waals surface area contributed by atoms with E-state index in [2.05, 4.69) is 15.9 Å². The number of halogens is 3. The van der Waals surface area contributed by atoms with Crippen LogP contribution in [-0.4, -0.2) is 0 Å². The third-order valence-electron chi connectivity index (χ3n) is 3.08. The fourth-order valence-electron chi connectivity index (χ4n) is 1.88. The number of rotatable bonds is 3. The van der Waals surface area contributed by atoms with Gasteiger partial charge in [0.25, 0.3) is 0 Å². The van der Waals surface area contributed by atoms with E-state index in [1.807, 2.05) is 25.1 Å². The molecule has 0 amide bonds. The van der Waals surface area contributed by atoms with Gasteiger partial charge in [0.15, 0.2) is 0 Å². The molecule has 0 heterocycles. The second kappa shape index (κ2) is 6.04. The first kappa shape index (κ1) is 14.5. The Morgan fingerprint density at radius 1 is 1.26 bits per heavy atom. The van der Waals surface area contributed by atoms with Crippen LogP contribution in [0.1, 0.15) is 22.7 Å². The van der Waals surface area contributed by atoms with E-state index in [0.29, 0.717) is 11.4 Å². The van der Waals surface area contributed by atoms with Gasteiger partial charge < -0.3 is 5.73 Å². The number of benzene rings is 2. The molecule has 100 valence electrons. The van der Waals surface area contributed by atoms with Gasteiger partial charge in [0.1, 0.15) is 5.82 Å². The third kappa shape index (κ3) is 3.56. The molecule has 0 aromatic heterocycles. The molecule has 0 aliphatic heterocycles. The van der Waals surface area contributed by atoms with E-state index in [4.69, 9.17) is 17.3 Å². The van der Waals surface area contributed by atoms with Gasteiger partial charge in [-0.25, -0.2) is 4.39 Å². The normalized spacial score (nSPS) is 12.5. The summed E-state index contributed by atoms with van der Waals surface area (Å²) in [5.41, 5.74) is 9.16. The fraction of sp³-hybridized carbons (Fsp3) is 0.200. The molecule has 0 aliphatic rings. The Labute approximate surface area is 125 Å². The van der Waals surface area contributed by atoms with E-state index >= 15 is 0 Å². The first-order chi connectivity index (χ1) is 8.97. The maximum Gasteiger partial charge on any atom is 0.124 e. The molecule has 0 fully saturated rings. The number of aryl methyl sites for hydroxylation is 1. The zero-order valence-corrected chi connectivity index (χ0v) is 12.8. The molecule has 1 nitrogen and oxygen atoms in total. The van der Waals surface area contributed by atoms with Crippen LogP contribution >= 0.6 is 27.5 Å². The molecule has 2 aromatic rings. The second-order valence-electron chi connectivity index (χ2n) is 4.55. The molecule has 0 spiro atoms. The van der Waals surface area contributed by atoms with Crippen molar-refractivity contribution in [3.8, 4) is 0 Å². The minimum Gasteiger partial charge on any atom is -0.324 e. The lowest BCUT2D eigenvalue weighted by atomic mass is 9.99. The number of hydrogen-bond donors (Lipinski definition) is 1. The van der Waals surface area contributed by atoms with Gasteiger partial charge in [-0.2, -0.15) is 0 Å². The molecular formula is C15H14BrClFN. The van der Waals surface area contributed by atoms with E-state index in [0.717, 1.165) is 21.2 Å². The average Bonchev–Trinajstić information content (AvgIpc) is 2.36. The summed E-state index contributed by atoms with van der Waals surface area (Å²) in [4.78, 5) is 0. The highest BCUT2D eigenvalue weighted by atomic mass is 79.9. The molecule has 2 N–H and O–H groups in total. The predicted molar refractivity (Wildman–Crippen MR) is 80.9 cm³/mol.